The molecule has 1 aromatic carbocycles. The molecule has 1 heterocycles. The van der Waals surface area contributed by atoms with Gasteiger partial charge >= 0.3 is 10.2 Å². The second-order valence-electron chi connectivity index (χ2n) is 3.69. The molecule has 0 unspecified atom stereocenters. The molecule has 3 N–H and O–H groups in total. The summed E-state index contributed by atoms with van der Waals surface area (Å²) in [6, 6.07) is 6.73. The van der Waals surface area contributed by atoms with Gasteiger partial charge in [0.1, 0.15) is 17.5 Å². The van der Waals surface area contributed by atoms with Gasteiger partial charge in [0.15, 0.2) is 0 Å². The summed E-state index contributed by atoms with van der Waals surface area (Å²) < 4.78 is 34.0. The van der Waals surface area contributed by atoms with Crippen LogP contribution >= 0.6 is 0 Å². The summed E-state index contributed by atoms with van der Waals surface area (Å²) in [5.74, 6) is 0.158. The van der Waals surface area contributed by atoms with Gasteiger partial charge in [0.05, 0.1) is 11.1 Å². The van der Waals surface area contributed by atoms with Crippen molar-refractivity contribution in [1.82, 2.24) is 9.97 Å². The number of nitrogens with one attached hydrogen (secondary N) is 1. The van der Waals surface area contributed by atoms with E-state index < -0.39 is 15.1 Å². The molecule has 0 atom stereocenters. The molecule has 0 aliphatic rings. The molecule has 0 radical (unpaired) electrons. The van der Waals surface area contributed by atoms with Crippen molar-refractivity contribution in [3.63, 3.8) is 0 Å². The van der Waals surface area contributed by atoms with Crippen LogP contribution in [0.25, 0.3) is 0 Å². The van der Waals surface area contributed by atoms with E-state index in [2.05, 4.69) is 15.3 Å². The summed E-state index contributed by atoms with van der Waals surface area (Å²) in [5.41, 5.74) is 6.12. The van der Waals surface area contributed by atoms with Crippen molar-refractivity contribution in [3.8, 4) is 6.07 Å². The van der Waals surface area contributed by atoms with Crippen LogP contribution in [0.2, 0.25) is 0 Å². The predicted molar refractivity (Wildman–Crippen MR) is 69.2 cm³/mol. The zero-order valence-electron chi connectivity index (χ0n) is 9.91. The molecule has 2 rings (SSSR count). The maximum absolute atomic E-state index is 12.7. The van der Waals surface area contributed by atoms with Gasteiger partial charge in [0.2, 0.25) is 5.95 Å². The number of nitrogen functional groups attached to an aromatic ring is 1. The number of halogens is 1. The van der Waals surface area contributed by atoms with Gasteiger partial charge < -0.3 is 11.1 Å². The first-order chi connectivity index (χ1) is 9.40. The van der Waals surface area contributed by atoms with Crippen molar-refractivity contribution in [1.29, 1.82) is 5.26 Å². The molecule has 7 nitrogen and oxygen atoms in total. The van der Waals surface area contributed by atoms with Crippen LogP contribution in [0.5, 0.6) is 0 Å². The van der Waals surface area contributed by atoms with Gasteiger partial charge in [-0.3, -0.25) is 0 Å². The number of nitriles is 1. The van der Waals surface area contributed by atoms with Gasteiger partial charge in [0.25, 0.3) is 0 Å². The molecule has 102 valence electrons. The standard InChI is InChI=1S/C11H8FN5O2S/c12-20(18,19)9-3-1-8(2-4-9)16-11-15-6-7(5-13)10(14)17-11/h1-4,6H,(H3,14,15,16,17). The first-order valence-electron chi connectivity index (χ1n) is 5.24. The minimum absolute atomic E-state index is 0.0213. The molecule has 0 bridgehead atoms. The first-order valence-corrected chi connectivity index (χ1v) is 6.63. The quantitative estimate of drug-likeness (QED) is 0.818. The Morgan fingerprint density at radius 1 is 1.30 bits per heavy atom. The Hall–Kier alpha value is -2.73. The number of nitrogens with two attached hydrogens (primary N) is 1. The van der Waals surface area contributed by atoms with Crippen LogP contribution in [0.1, 0.15) is 5.56 Å². The van der Waals surface area contributed by atoms with E-state index in [1.165, 1.54) is 18.3 Å². The Labute approximate surface area is 114 Å². The fraction of sp³-hybridized carbons (Fsp3) is 0. The molecule has 0 saturated carbocycles. The number of anilines is 3. The second kappa shape index (κ2) is 5.10. The van der Waals surface area contributed by atoms with Gasteiger partial charge in [-0.1, -0.05) is 0 Å². The topological polar surface area (TPSA) is 122 Å². The van der Waals surface area contributed by atoms with Crippen molar-refractivity contribution >= 4 is 27.7 Å². The summed E-state index contributed by atoms with van der Waals surface area (Å²) in [6.45, 7) is 0. The molecule has 9 heteroatoms. The summed E-state index contributed by atoms with van der Waals surface area (Å²) in [6.07, 6.45) is 1.26. The zero-order chi connectivity index (χ0) is 14.8. The lowest BCUT2D eigenvalue weighted by molar-refractivity contribution is 0.552. The monoisotopic (exact) mass is 293 g/mol. The predicted octanol–water partition coefficient (Wildman–Crippen LogP) is 1.33. The van der Waals surface area contributed by atoms with E-state index in [9.17, 15) is 12.3 Å². The average molecular weight is 293 g/mol. The lowest BCUT2D eigenvalue weighted by Crippen LogP contribution is -2.02. The number of hydrogen-bond donors (Lipinski definition) is 2. The average Bonchev–Trinajstić information content (AvgIpc) is 2.38. The summed E-state index contributed by atoms with van der Waals surface area (Å²) in [7, 11) is -4.72. The van der Waals surface area contributed by atoms with Gasteiger partial charge in [-0.05, 0) is 24.3 Å². The van der Waals surface area contributed by atoms with Crippen LogP contribution < -0.4 is 11.1 Å². The Bertz CT molecular complexity index is 783. The summed E-state index contributed by atoms with van der Waals surface area (Å²) >= 11 is 0. The van der Waals surface area contributed by atoms with Crippen LogP contribution in [-0.4, -0.2) is 18.4 Å². The van der Waals surface area contributed by atoms with Gasteiger partial charge in [-0.15, -0.1) is 3.89 Å². The third kappa shape index (κ3) is 2.99. The molecule has 0 aliphatic heterocycles. The molecular formula is C11H8FN5O2S. The molecule has 0 aliphatic carbocycles. The Balaban J connectivity index is 2.23. The van der Waals surface area contributed by atoms with Gasteiger partial charge in [-0.25, -0.2) is 4.98 Å². The molecule has 0 saturated heterocycles. The van der Waals surface area contributed by atoms with Crippen LogP contribution in [0.15, 0.2) is 35.4 Å². The minimum atomic E-state index is -4.72. The van der Waals surface area contributed by atoms with Crippen LogP contribution in [0.4, 0.5) is 21.3 Å². The lowest BCUT2D eigenvalue weighted by atomic mass is 10.3. The number of rotatable bonds is 3. The zero-order valence-corrected chi connectivity index (χ0v) is 10.7. The van der Waals surface area contributed by atoms with Gasteiger partial charge in [0, 0.05) is 5.69 Å². The maximum atomic E-state index is 12.7. The fourth-order valence-electron chi connectivity index (χ4n) is 1.37. The minimum Gasteiger partial charge on any atom is -0.382 e. The SMILES string of the molecule is N#Cc1cnc(Nc2ccc(S(=O)(=O)F)cc2)nc1N. The van der Waals surface area contributed by atoms with Crippen molar-refractivity contribution in [2.24, 2.45) is 0 Å². The highest BCUT2D eigenvalue weighted by molar-refractivity contribution is 7.86. The van der Waals surface area contributed by atoms with E-state index >= 15 is 0 Å². The van der Waals surface area contributed by atoms with Gasteiger partial charge in [-0.2, -0.15) is 18.7 Å². The Morgan fingerprint density at radius 3 is 2.45 bits per heavy atom. The van der Waals surface area contributed by atoms with Crippen LogP contribution in [-0.2, 0) is 10.2 Å². The van der Waals surface area contributed by atoms with Crippen LogP contribution in [0, 0.1) is 11.3 Å². The van der Waals surface area contributed by atoms with E-state index in [-0.39, 0.29) is 17.3 Å². The molecule has 1 aromatic heterocycles. The highest BCUT2D eigenvalue weighted by Gasteiger charge is 2.11. The highest BCUT2D eigenvalue weighted by atomic mass is 32.3. The van der Waals surface area contributed by atoms with Crippen molar-refractivity contribution < 1.29 is 12.3 Å². The number of aromatic nitrogens is 2. The van der Waals surface area contributed by atoms with Crippen molar-refractivity contribution in [3.05, 3.63) is 36.0 Å². The van der Waals surface area contributed by atoms with E-state index in [1.54, 1.807) is 0 Å². The normalized spacial score (nSPS) is 10.8. The summed E-state index contributed by atoms with van der Waals surface area (Å²) in [4.78, 5) is 7.27. The fourth-order valence-corrected chi connectivity index (χ4v) is 1.83. The number of benzene rings is 1. The maximum Gasteiger partial charge on any atom is 0.332 e. The Morgan fingerprint density at radius 2 is 1.95 bits per heavy atom. The molecule has 0 spiro atoms. The van der Waals surface area contributed by atoms with E-state index in [0.29, 0.717) is 5.69 Å². The third-order valence-electron chi connectivity index (χ3n) is 2.33. The molecule has 2 aromatic rings. The van der Waals surface area contributed by atoms with Crippen molar-refractivity contribution in [2.75, 3.05) is 11.1 Å². The second-order valence-corrected chi connectivity index (χ2v) is 5.04. The van der Waals surface area contributed by atoms with E-state index in [1.807, 2.05) is 6.07 Å². The smallest absolute Gasteiger partial charge is 0.332 e. The van der Waals surface area contributed by atoms with Crippen molar-refractivity contribution in [2.45, 2.75) is 4.90 Å². The Kier molecular flexibility index (Phi) is 3.49. The summed E-state index contributed by atoms with van der Waals surface area (Å²) in [5, 5.41) is 11.4. The first kappa shape index (κ1) is 13.7. The molecule has 20 heavy (non-hydrogen) atoms. The number of hydrogen-bond acceptors (Lipinski definition) is 7. The third-order valence-corrected chi connectivity index (χ3v) is 3.17. The largest absolute Gasteiger partial charge is 0.382 e. The van der Waals surface area contributed by atoms with E-state index in [0.717, 1.165) is 12.1 Å². The molecule has 0 fully saturated rings. The molecular weight excluding hydrogens is 285 g/mol. The van der Waals surface area contributed by atoms with E-state index in [4.69, 9.17) is 11.0 Å². The van der Waals surface area contributed by atoms with Crippen LogP contribution in [0.3, 0.4) is 0 Å². The lowest BCUT2D eigenvalue weighted by Gasteiger charge is -2.05. The molecule has 0 amide bonds. The number of nitrogens with zero attached hydrogens (tertiary/aromatic N) is 3. The highest BCUT2D eigenvalue weighted by Crippen LogP contribution is 2.19.